The molecule has 0 fully saturated rings. The fourth-order valence-electron chi connectivity index (χ4n) is 2.89. The van der Waals surface area contributed by atoms with Gasteiger partial charge in [-0.25, -0.2) is 0 Å². The summed E-state index contributed by atoms with van der Waals surface area (Å²) in [6.45, 7) is 2.63. The minimum Gasteiger partial charge on any atom is -0.492 e. The summed E-state index contributed by atoms with van der Waals surface area (Å²) in [7, 11) is 0. The number of benzene rings is 2. The standard InChI is InChI=1S/C19H16F3NO2/c1-13-17(12-24)16-4-2-3-5-18(16)23(13)10-11-25-15-8-6-14(7-9-15)19(20,21)22/h2-9,12H,10-11H2,1H3. The molecule has 1 heterocycles. The van der Waals surface area contributed by atoms with Gasteiger partial charge in [-0.05, 0) is 37.3 Å². The van der Waals surface area contributed by atoms with Gasteiger partial charge in [0.15, 0.2) is 6.29 Å². The molecule has 0 atom stereocenters. The highest BCUT2D eigenvalue weighted by molar-refractivity contribution is 5.99. The fraction of sp³-hybridized carbons (Fsp3) is 0.211. The van der Waals surface area contributed by atoms with Crippen LogP contribution in [-0.4, -0.2) is 17.5 Å². The van der Waals surface area contributed by atoms with E-state index in [0.29, 0.717) is 17.9 Å². The first-order chi connectivity index (χ1) is 11.9. The highest BCUT2D eigenvalue weighted by Crippen LogP contribution is 2.30. The molecule has 1 aromatic heterocycles. The second kappa shape index (κ2) is 6.63. The van der Waals surface area contributed by atoms with E-state index in [1.54, 1.807) is 0 Å². The molecule has 0 amide bonds. The molecule has 0 saturated heterocycles. The number of aldehydes is 1. The molecule has 0 unspecified atom stereocenters. The molecule has 25 heavy (non-hydrogen) atoms. The summed E-state index contributed by atoms with van der Waals surface area (Å²) in [5.74, 6) is 0.373. The summed E-state index contributed by atoms with van der Waals surface area (Å²) >= 11 is 0. The molecule has 3 nitrogen and oxygen atoms in total. The molecule has 0 aliphatic carbocycles. The lowest BCUT2D eigenvalue weighted by molar-refractivity contribution is -0.137. The van der Waals surface area contributed by atoms with Gasteiger partial charge in [0, 0.05) is 22.2 Å². The van der Waals surface area contributed by atoms with E-state index in [0.717, 1.165) is 35.0 Å². The quantitative estimate of drug-likeness (QED) is 0.617. The van der Waals surface area contributed by atoms with Gasteiger partial charge < -0.3 is 9.30 Å². The average molecular weight is 347 g/mol. The van der Waals surface area contributed by atoms with Crippen molar-refractivity contribution in [1.29, 1.82) is 0 Å². The number of hydrogen-bond donors (Lipinski definition) is 0. The summed E-state index contributed by atoms with van der Waals surface area (Å²) < 4.78 is 45.2. The summed E-state index contributed by atoms with van der Waals surface area (Å²) in [6, 6.07) is 12.2. The Bertz CT molecular complexity index is 895. The number of carbonyl (C=O) groups is 1. The first-order valence-electron chi connectivity index (χ1n) is 7.75. The molecule has 0 radical (unpaired) electrons. The number of alkyl halides is 3. The van der Waals surface area contributed by atoms with E-state index >= 15 is 0 Å². The summed E-state index contributed by atoms with van der Waals surface area (Å²) in [6.07, 6.45) is -3.52. The van der Waals surface area contributed by atoms with E-state index in [9.17, 15) is 18.0 Å². The monoisotopic (exact) mass is 347 g/mol. The van der Waals surface area contributed by atoms with Crippen LogP contribution in [-0.2, 0) is 12.7 Å². The van der Waals surface area contributed by atoms with Gasteiger partial charge in [-0.15, -0.1) is 0 Å². The van der Waals surface area contributed by atoms with Crippen LogP contribution < -0.4 is 4.74 Å². The van der Waals surface area contributed by atoms with Crippen molar-refractivity contribution in [2.45, 2.75) is 19.6 Å². The van der Waals surface area contributed by atoms with E-state index in [2.05, 4.69) is 0 Å². The summed E-state index contributed by atoms with van der Waals surface area (Å²) in [4.78, 5) is 11.3. The Morgan fingerprint density at radius 3 is 2.40 bits per heavy atom. The zero-order valence-corrected chi connectivity index (χ0v) is 13.5. The molecular weight excluding hydrogens is 331 g/mol. The largest absolute Gasteiger partial charge is 0.492 e. The third-order valence-corrected chi connectivity index (χ3v) is 4.16. The zero-order chi connectivity index (χ0) is 18.0. The van der Waals surface area contributed by atoms with Gasteiger partial charge in [-0.1, -0.05) is 18.2 Å². The van der Waals surface area contributed by atoms with Gasteiger partial charge in [0.25, 0.3) is 0 Å². The lowest BCUT2D eigenvalue weighted by atomic mass is 10.1. The molecule has 0 spiro atoms. The van der Waals surface area contributed by atoms with Gasteiger partial charge in [0.05, 0.1) is 12.1 Å². The van der Waals surface area contributed by atoms with Crippen LogP contribution >= 0.6 is 0 Å². The predicted octanol–water partition coefficient (Wildman–Crippen LogP) is 4.86. The van der Waals surface area contributed by atoms with Gasteiger partial charge in [0.1, 0.15) is 12.4 Å². The van der Waals surface area contributed by atoms with Crippen molar-refractivity contribution in [2.24, 2.45) is 0 Å². The number of carbonyl (C=O) groups excluding carboxylic acids is 1. The average Bonchev–Trinajstić information content (AvgIpc) is 2.86. The highest BCUT2D eigenvalue weighted by atomic mass is 19.4. The number of aromatic nitrogens is 1. The Balaban J connectivity index is 1.73. The van der Waals surface area contributed by atoms with Gasteiger partial charge in [-0.3, -0.25) is 4.79 Å². The van der Waals surface area contributed by atoms with Crippen LogP contribution in [0, 0.1) is 6.92 Å². The summed E-state index contributed by atoms with van der Waals surface area (Å²) in [5.41, 5.74) is 1.71. The number of para-hydroxylation sites is 1. The van der Waals surface area contributed by atoms with Crippen LogP contribution in [0.1, 0.15) is 21.6 Å². The number of fused-ring (bicyclic) bond motifs is 1. The van der Waals surface area contributed by atoms with Crippen LogP contribution in [0.15, 0.2) is 48.5 Å². The van der Waals surface area contributed by atoms with Crippen molar-refractivity contribution < 1.29 is 22.7 Å². The van der Waals surface area contributed by atoms with E-state index in [-0.39, 0.29) is 6.61 Å². The van der Waals surface area contributed by atoms with Crippen molar-refractivity contribution in [1.82, 2.24) is 4.57 Å². The Morgan fingerprint density at radius 1 is 1.08 bits per heavy atom. The van der Waals surface area contributed by atoms with Crippen LogP contribution in [0.5, 0.6) is 5.75 Å². The Kier molecular flexibility index (Phi) is 4.53. The molecule has 130 valence electrons. The molecule has 0 saturated carbocycles. The number of nitrogens with zero attached hydrogens (tertiary/aromatic N) is 1. The molecule has 3 rings (SSSR count). The minimum absolute atomic E-state index is 0.281. The molecular formula is C19H16F3NO2. The maximum atomic E-state index is 12.5. The predicted molar refractivity (Wildman–Crippen MR) is 89.0 cm³/mol. The first kappa shape index (κ1) is 17.1. The van der Waals surface area contributed by atoms with Crippen LogP contribution in [0.4, 0.5) is 13.2 Å². The van der Waals surface area contributed by atoms with Crippen molar-refractivity contribution in [3.05, 3.63) is 65.4 Å². The van der Waals surface area contributed by atoms with E-state index in [1.807, 2.05) is 35.8 Å². The molecule has 0 N–H and O–H groups in total. The number of halogens is 3. The topological polar surface area (TPSA) is 31.2 Å². The minimum atomic E-state index is -4.36. The van der Waals surface area contributed by atoms with Gasteiger partial charge in [0.2, 0.25) is 0 Å². The van der Waals surface area contributed by atoms with E-state index in [4.69, 9.17) is 4.74 Å². The van der Waals surface area contributed by atoms with Crippen LogP contribution in [0.3, 0.4) is 0 Å². The third kappa shape index (κ3) is 3.38. The maximum absolute atomic E-state index is 12.5. The van der Waals surface area contributed by atoms with E-state index in [1.165, 1.54) is 12.1 Å². The number of hydrogen-bond acceptors (Lipinski definition) is 2. The van der Waals surface area contributed by atoms with Gasteiger partial charge >= 0.3 is 6.18 Å². The van der Waals surface area contributed by atoms with E-state index < -0.39 is 11.7 Å². The SMILES string of the molecule is Cc1c(C=O)c2ccccc2n1CCOc1ccc(C(F)(F)F)cc1. The Hall–Kier alpha value is -2.76. The van der Waals surface area contributed by atoms with Crippen molar-refractivity contribution in [3.63, 3.8) is 0 Å². The smallest absolute Gasteiger partial charge is 0.416 e. The lowest BCUT2D eigenvalue weighted by Gasteiger charge is -2.11. The molecule has 2 aromatic carbocycles. The third-order valence-electron chi connectivity index (χ3n) is 4.16. The normalized spacial score (nSPS) is 11.7. The van der Waals surface area contributed by atoms with Crippen LogP contribution in [0.2, 0.25) is 0 Å². The molecule has 3 aromatic rings. The van der Waals surface area contributed by atoms with Gasteiger partial charge in [-0.2, -0.15) is 13.2 Å². The number of rotatable bonds is 5. The Labute approximate surface area is 142 Å². The molecule has 0 bridgehead atoms. The lowest BCUT2D eigenvalue weighted by Crippen LogP contribution is -2.10. The highest BCUT2D eigenvalue weighted by Gasteiger charge is 2.30. The second-order valence-corrected chi connectivity index (χ2v) is 5.66. The zero-order valence-electron chi connectivity index (χ0n) is 13.5. The molecule has 0 aliphatic rings. The Morgan fingerprint density at radius 2 is 1.76 bits per heavy atom. The second-order valence-electron chi connectivity index (χ2n) is 5.66. The molecule has 6 heteroatoms. The summed E-state index contributed by atoms with van der Waals surface area (Å²) in [5, 5.41) is 0.879. The molecule has 0 aliphatic heterocycles. The first-order valence-corrected chi connectivity index (χ1v) is 7.75. The fourth-order valence-corrected chi connectivity index (χ4v) is 2.89. The van der Waals surface area contributed by atoms with Crippen molar-refractivity contribution >= 4 is 17.2 Å². The number of ether oxygens (including phenoxy) is 1. The maximum Gasteiger partial charge on any atom is 0.416 e. The van der Waals surface area contributed by atoms with Crippen molar-refractivity contribution in [3.8, 4) is 5.75 Å². The van der Waals surface area contributed by atoms with Crippen LogP contribution in [0.25, 0.3) is 10.9 Å². The van der Waals surface area contributed by atoms with Crippen molar-refractivity contribution in [2.75, 3.05) is 6.61 Å².